The Hall–Kier alpha value is -3.21. The largest absolute Gasteiger partial charge is 0.507 e. The molecule has 0 spiro atoms. The molecule has 0 saturated heterocycles. The van der Waals surface area contributed by atoms with Crippen LogP contribution >= 0.6 is 0 Å². The molecule has 0 aliphatic rings. The normalized spacial score (nSPS) is 11.3. The van der Waals surface area contributed by atoms with Crippen LogP contribution < -0.4 is 0 Å². The molecule has 3 aromatic rings. The highest BCUT2D eigenvalue weighted by Crippen LogP contribution is 2.40. The summed E-state index contributed by atoms with van der Waals surface area (Å²) in [4.78, 5) is 11.5. The van der Waals surface area contributed by atoms with Gasteiger partial charge in [-0.05, 0) is 37.3 Å². The summed E-state index contributed by atoms with van der Waals surface area (Å²) >= 11 is 0. The van der Waals surface area contributed by atoms with Crippen molar-refractivity contribution < 1.29 is 24.5 Å². The summed E-state index contributed by atoms with van der Waals surface area (Å²) in [5.74, 6) is -0.409. The maximum Gasteiger partial charge on any atom is 0.158 e. The zero-order valence-corrected chi connectivity index (χ0v) is 12.3. The molecule has 1 aromatic heterocycles. The maximum absolute atomic E-state index is 11.5. The van der Waals surface area contributed by atoms with Gasteiger partial charge < -0.3 is 19.7 Å². The third-order valence-electron chi connectivity index (χ3n) is 3.60. The topological polar surface area (TPSA) is 90.9 Å². The highest BCUT2D eigenvalue weighted by molar-refractivity contribution is 6.06. The van der Waals surface area contributed by atoms with Crippen molar-refractivity contribution in [3.63, 3.8) is 0 Å². The molecule has 0 amide bonds. The zero-order chi connectivity index (χ0) is 16.6. The van der Waals surface area contributed by atoms with Gasteiger partial charge in [-0.3, -0.25) is 4.79 Å². The van der Waals surface area contributed by atoms with Crippen LogP contribution in [0.5, 0.6) is 17.2 Å². The first kappa shape index (κ1) is 14.7. The smallest absolute Gasteiger partial charge is 0.158 e. The monoisotopic (exact) mass is 310 g/mol. The SMILES string of the molecule is C/C=C/c1ccc2oc(-c3ccc(O)c(O)c3)c(C=O)c2c1O. The lowest BCUT2D eigenvalue weighted by molar-refractivity contribution is 0.112. The predicted octanol–water partition coefficient (Wildman–Crippen LogP) is 4.06. The van der Waals surface area contributed by atoms with Crippen LogP contribution in [0.2, 0.25) is 0 Å². The van der Waals surface area contributed by atoms with E-state index in [1.807, 2.05) is 6.92 Å². The van der Waals surface area contributed by atoms with Gasteiger partial charge in [-0.25, -0.2) is 0 Å². The van der Waals surface area contributed by atoms with Gasteiger partial charge in [0.2, 0.25) is 0 Å². The van der Waals surface area contributed by atoms with E-state index in [0.717, 1.165) is 0 Å². The van der Waals surface area contributed by atoms with E-state index in [0.29, 0.717) is 28.4 Å². The van der Waals surface area contributed by atoms with E-state index in [2.05, 4.69) is 0 Å². The molecule has 1 heterocycles. The number of furan rings is 1. The lowest BCUT2D eigenvalue weighted by atomic mass is 10.0. The number of aromatic hydroxyl groups is 3. The highest BCUT2D eigenvalue weighted by Gasteiger charge is 2.20. The molecule has 5 heteroatoms. The molecule has 116 valence electrons. The van der Waals surface area contributed by atoms with Gasteiger partial charge in [-0.15, -0.1) is 0 Å². The van der Waals surface area contributed by atoms with Gasteiger partial charge >= 0.3 is 0 Å². The van der Waals surface area contributed by atoms with Crippen LogP contribution in [0.4, 0.5) is 0 Å². The number of fused-ring (bicyclic) bond motifs is 1. The van der Waals surface area contributed by atoms with E-state index >= 15 is 0 Å². The van der Waals surface area contributed by atoms with Gasteiger partial charge in [0.1, 0.15) is 17.1 Å². The number of rotatable bonds is 3. The molecule has 0 fully saturated rings. The van der Waals surface area contributed by atoms with Crippen LogP contribution in [-0.2, 0) is 0 Å². The van der Waals surface area contributed by atoms with Gasteiger partial charge in [0.05, 0.1) is 10.9 Å². The summed E-state index contributed by atoms with van der Waals surface area (Å²) in [6.07, 6.45) is 4.10. The number of carbonyl (C=O) groups excluding carboxylic acids is 1. The van der Waals surface area contributed by atoms with Crippen molar-refractivity contribution >= 4 is 23.3 Å². The molecule has 3 rings (SSSR count). The quantitative estimate of drug-likeness (QED) is 0.501. The lowest BCUT2D eigenvalue weighted by Gasteiger charge is -2.02. The van der Waals surface area contributed by atoms with Gasteiger partial charge in [0.15, 0.2) is 17.8 Å². The van der Waals surface area contributed by atoms with Crippen molar-refractivity contribution in [3.8, 4) is 28.6 Å². The minimum absolute atomic E-state index is 0.0410. The van der Waals surface area contributed by atoms with Gasteiger partial charge in [-0.2, -0.15) is 0 Å². The second kappa shape index (κ2) is 5.53. The van der Waals surface area contributed by atoms with Gasteiger partial charge in [-0.1, -0.05) is 12.2 Å². The number of phenolic OH excluding ortho intramolecular Hbond substituents is 3. The standard InChI is InChI=1S/C18H14O5/c1-2-3-10-5-7-15-16(17(10)22)12(9-19)18(23-15)11-4-6-13(20)14(21)8-11/h2-9,20-22H,1H3/b3-2+. The predicted molar refractivity (Wildman–Crippen MR) is 86.7 cm³/mol. The average molecular weight is 310 g/mol. The number of allylic oxidation sites excluding steroid dienone is 1. The Morgan fingerprint density at radius 2 is 1.83 bits per heavy atom. The van der Waals surface area contributed by atoms with Gasteiger partial charge in [0, 0.05) is 11.1 Å². The first-order chi connectivity index (χ1) is 11.1. The molecule has 5 nitrogen and oxygen atoms in total. The van der Waals surface area contributed by atoms with E-state index in [-0.39, 0.29) is 28.6 Å². The van der Waals surface area contributed by atoms with E-state index in [9.17, 15) is 20.1 Å². The number of benzene rings is 2. The van der Waals surface area contributed by atoms with Crippen LogP contribution in [0.25, 0.3) is 28.4 Å². The Bertz CT molecular complexity index is 934. The molecule has 0 aliphatic heterocycles. The summed E-state index contributed by atoms with van der Waals surface area (Å²) in [6, 6.07) is 7.47. The fourth-order valence-corrected chi connectivity index (χ4v) is 2.52. The summed E-state index contributed by atoms with van der Waals surface area (Å²) in [6.45, 7) is 1.82. The van der Waals surface area contributed by atoms with Crippen LogP contribution in [0.1, 0.15) is 22.8 Å². The molecule has 23 heavy (non-hydrogen) atoms. The zero-order valence-electron chi connectivity index (χ0n) is 12.3. The highest BCUT2D eigenvalue weighted by atomic mass is 16.3. The summed E-state index contributed by atoms with van der Waals surface area (Å²) in [7, 11) is 0. The van der Waals surface area contributed by atoms with Crippen LogP contribution in [0, 0.1) is 0 Å². The molecule has 2 aromatic carbocycles. The average Bonchev–Trinajstić information content (AvgIpc) is 2.92. The van der Waals surface area contributed by atoms with Crippen LogP contribution in [-0.4, -0.2) is 21.6 Å². The number of carbonyl (C=O) groups is 1. The third-order valence-corrected chi connectivity index (χ3v) is 3.60. The summed E-state index contributed by atoms with van der Waals surface area (Å²) in [5, 5.41) is 29.7. The summed E-state index contributed by atoms with van der Waals surface area (Å²) < 4.78 is 5.68. The number of hydrogen-bond acceptors (Lipinski definition) is 5. The molecular weight excluding hydrogens is 296 g/mol. The fraction of sp³-hybridized carbons (Fsp3) is 0.0556. The molecule has 0 radical (unpaired) electrons. The maximum atomic E-state index is 11.5. The van der Waals surface area contributed by atoms with Crippen molar-refractivity contribution in [2.75, 3.05) is 0 Å². The lowest BCUT2D eigenvalue weighted by Crippen LogP contribution is -1.84. The van der Waals surface area contributed by atoms with Crippen LogP contribution in [0.3, 0.4) is 0 Å². The molecule has 0 unspecified atom stereocenters. The Kier molecular flexibility index (Phi) is 3.54. The Balaban J connectivity index is 2.32. The van der Waals surface area contributed by atoms with Crippen molar-refractivity contribution in [2.45, 2.75) is 6.92 Å². The number of hydrogen-bond donors (Lipinski definition) is 3. The molecule has 0 aliphatic carbocycles. The molecule has 0 bridgehead atoms. The van der Waals surface area contributed by atoms with Gasteiger partial charge in [0.25, 0.3) is 0 Å². The van der Waals surface area contributed by atoms with E-state index < -0.39 is 0 Å². The fourth-order valence-electron chi connectivity index (χ4n) is 2.52. The third kappa shape index (κ3) is 2.32. The molecule has 3 N–H and O–H groups in total. The minimum atomic E-state index is -0.321. The van der Waals surface area contributed by atoms with Crippen LogP contribution in [0.15, 0.2) is 40.8 Å². The first-order valence-corrected chi connectivity index (χ1v) is 6.95. The minimum Gasteiger partial charge on any atom is -0.507 e. The summed E-state index contributed by atoms with van der Waals surface area (Å²) in [5.41, 5.74) is 1.55. The Labute approximate surface area is 131 Å². The van der Waals surface area contributed by atoms with E-state index in [4.69, 9.17) is 4.42 Å². The second-order valence-electron chi connectivity index (χ2n) is 5.04. The number of aldehydes is 1. The first-order valence-electron chi connectivity index (χ1n) is 6.95. The van der Waals surface area contributed by atoms with E-state index in [1.54, 1.807) is 24.3 Å². The number of phenols is 3. The molecular formula is C18H14O5. The van der Waals surface area contributed by atoms with E-state index in [1.165, 1.54) is 18.2 Å². The van der Waals surface area contributed by atoms with Crippen molar-refractivity contribution in [3.05, 3.63) is 47.5 Å². The van der Waals surface area contributed by atoms with Crippen molar-refractivity contribution in [1.82, 2.24) is 0 Å². The van der Waals surface area contributed by atoms with Crippen molar-refractivity contribution in [2.24, 2.45) is 0 Å². The van der Waals surface area contributed by atoms with Crippen molar-refractivity contribution in [1.29, 1.82) is 0 Å². The Morgan fingerprint density at radius 1 is 1.04 bits per heavy atom. The second-order valence-corrected chi connectivity index (χ2v) is 5.04. The molecule has 0 atom stereocenters. The Morgan fingerprint density at radius 3 is 2.48 bits per heavy atom. The molecule has 0 saturated carbocycles.